The topological polar surface area (TPSA) is 29.0 Å². The van der Waals surface area contributed by atoms with Crippen LogP contribution in [0.4, 0.5) is 14.7 Å². The van der Waals surface area contributed by atoms with Crippen molar-refractivity contribution < 1.29 is 8.78 Å². The summed E-state index contributed by atoms with van der Waals surface area (Å²) in [5.41, 5.74) is 2.81. The van der Waals surface area contributed by atoms with Crippen LogP contribution in [0.1, 0.15) is 57.7 Å². The maximum atomic E-state index is 13.6. The quantitative estimate of drug-likeness (QED) is 0.683. The molecule has 1 aromatic carbocycles. The minimum absolute atomic E-state index is 0.193. The van der Waals surface area contributed by atoms with E-state index in [9.17, 15) is 8.78 Å². The number of halogens is 2. The zero-order valence-corrected chi connectivity index (χ0v) is 16.5. The molecule has 2 aliphatic rings. The van der Waals surface area contributed by atoms with Crippen molar-refractivity contribution in [1.82, 2.24) is 9.97 Å². The molecule has 1 aromatic heterocycles. The van der Waals surface area contributed by atoms with Crippen LogP contribution in [0, 0.1) is 17.8 Å². The fourth-order valence-electron chi connectivity index (χ4n) is 5.26. The van der Waals surface area contributed by atoms with Crippen LogP contribution < -0.4 is 4.90 Å². The third-order valence-corrected chi connectivity index (χ3v) is 5.98. The summed E-state index contributed by atoms with van der Waals surface area (Å²) in [5, 5.41) is 0. The standard InChI is InChI=1S/C22H27F2N3/c1-14-5-7-15(8-6-14)17-9-18(19(23)24)26-20(25-17)27-13-22(4)11-16(27)10-21(2,3)12-22/h5-9,16,19H,10-13H2,1-4H3/t16-,22+/m0/s1. The predicted octanol–water partition coefficient (Wildman–Crippen LogP) is 5.79. The number of alkyl halides is 2. The molecule has 0 spiro atoms. The molecule has 3 nitrogen and oxygen atoms in total. The van der Waals surface area contributed by atoms with Crippen molar-refractivity contribution >= 4 is 5.95 Å². The van der Waals surface area contributed by atoms with Gasteiger partial charge in [0.1, 0.15) is 5.69 Å². The maximum Gasteiger partial charge on any atom is 0.280 e. The van der Waals surface area contributed by atoms with Gasteiger partial charge in [-0.25, -0.2) is 18.7 Å². The average molecular weight is 371 g/mol. The number of nitrogens with zero attached hydrogens (tertiary/aromatic N) is 3. The van der Waals surface area contributed by atoms with E-state index in [2.05, 4.69) is 30.7 Å². The van der Waals surface area contributed by atoms with Gasteiger partial charge in [-0.15, -0.1) is 0 Å². The van der Waals surface area contributed by atoms with Crippen molar-refractivity contribution in [3.8, 4) is 11.3 Å². The summed E-state index contributed by atoms with van der Waals surface area (Å²) in [4.78, 5) is 11.2. The molecule has 4 rings (SSSR count). The van der Waals surface area contributed by atoms with Gasteiger partial charge in [-0.3, -0.25) is 0 Å². The van der Waals surface area contributed by atoms with Crippen molar-refractivity contribution in [1.29, 1.82) is 0 Å². The van der Waals surface area contributed by atoms with E-state index in [4.69, 9.17) is 4.98 Å². The Morgan fingerprint density at radius 1 is 1.07 bits per heavy atom. The largest absolute Gasteiger partial charge is 0.337 e. The van der Waals surface area contributed by atoms with Gasteiger partial charge in [0.15, 0.2) is 0 Å². The molecule has 0 amide bonds. The monoisotopic (exact) mass is 371 g/mol. The van der Waals surface area contributed by atoms with Gasteiger partial charge in [-0.05, 0) is 43.1 Å². The van der Waals surface area contributed by atoms with Crippen LogP contribution in [0.25, 0.3) is 11.3 Å². The molecule has 2 heterocycles. The van der Waals surface area contributed by atoms with E-state index in [0.717, 1.165) is 36.9 Å². The molecule has 144 valence electrons. The summed E-state index contributed by atoms with van der Waals surface area (Å²) in [7, 11) is 0. The lowest BCUT2D eigenvalue weighted by Crippen LogP contribution is -2.35. The van der Waals surface area contributed by atoms with E-state index in [0.29, 0.717) is 17.7 Å². The fourth-order valence-corrected chi connectivity index (χ4v) is 5.26. The zero-order chi connectivity index (χ0) is 19.4. The minimum Gasteiger partial charge on any atom is -0.337 e. The fraction of sp³-hybridized carbons (Fsp3) is 0.545. The second-order valence-electron chi connectivity index (χ2n) is 9.49. The van der Waals surface area contributed by atoms with E-state index in [-0.39, 0.29) is 16.5 Å². The van der Waals surface area contributed by atoms with Crippen LogP contribution in [0.3, 0.4) is 0 Å². The van der Waals surface area contributed by atoms with Crippen LogP contribution in [-0.4, -0.2) is 22.6 Å². The summed E-state index contributed by atoms with van der Waals surface area (Å²) in [6.07, 6.45) is 0.667. The Morgan fingerprint density at radius 2 is 1.78 bits per heavy atom. The van der Waals surface area contributed by atoms with Gasteiger partial charge in [0.2, 0.25) is 5.95 Å². The lowest BCUT2D eigenvalue weighted by molar-refractivity contribution is 0.136. The van der Waals surface area contributed by atoms with E-state index in [1.807, 2.05) is 31.2 Å². The second-order valence-corrected chi connectivity index (χ2v) is 9.49. The first kappa shape index (κ1) is 18.3. The van der Waals surface area contributed by atoms with Crippen LogP contribution in [0.15, 0.2) is 30.3 Å². The Morgan fingerprint density at radius 3 is 2.44 bits per heavy atom. The highest BCUT2D eigenvalue weighted by Gasteiger charge is 2.50. The number of rotatable bonds is 3. The highest BCUT2D eigenvalue weighted by atomic mass is 19.3. The lowest BCUT2D eigenvalue weighted by atomic mass is 9.65. The molecule has 0 radical (unpaired) electrons. The van der Waals surface area contributed by atoms with E-state index in [1.165, 1.54) is 6.07 Å². The molecule has 1 aliphatic carbocycles. The van der Waals surface area contributed by atoms with Gasteiger partial charge in [0.25, 0.3) is 6.43 Å². The van der Waals surface area contributed by atoms with Gasteiger partial charge in [-0.1, -0.05) is 50.6 Å². The summed E-state index contributed by atoms with van der Waals surface area (Å²) in [6.45, 7) is 9.75. The Labute approximate surface area is 159 Å². The average Bonchev–Trinajstić information content (AvgIpc) is 2.84. The summed E-state index contributed by atoms with van der Waals surface area (Å²) in [5.74, 6) is 0.454. The van der Waals surface area contributed by atoms with Crippen LogP contribution in [0.5, 0.6) is 0 Å². The van der Waals surface area contributed by atoms with Crippen molar-refractivity contribution in [2.45, 2.75) is 59.4 Å². The zero-order valence-electron chi connectivity index (χ0n) is 16.5. The Hall–Kier alpha value is -2.04. The first-order chi connectivity index (χ1) is 12.6. The van der Waals surface area contributed by atoms with Crippen molar-refractivity contribution in [2.75, 3.05) is 11.4 Å². The maximum absolute atomic E-state index is 13.6. The molecule has 2 atom stereocenters. The molecule has 2 fully saturated rings. The number of hydrogen-bond donors (Lipinski definition) is 0. The lowest BCUT2D eigenvalue weighted by Gasteiger charge is -2.39. The summed E-state index contributed by atoms with van der Waals surface area (Å²) >= 11 is 0. The number of hydrogen-bond acceptors (Lipinski definition) is 3. The highest BCUT2D eigenvalue weighted by molar-refractivity contribution is 5.62. The Bertz CT molecular complexity index is 847. The van der Waals surface area contributed by atoms with Gasteiger partial charge >= 0.3 is 0 Å². The predicted molar refractivity (Wildman–Crippen MR) is 104 cm³/mol. The molecule has 0 N–H and O–H groups in total. The van der Waals surface area contributed by atoms with E-state index >= 15 is 0 Å². The molecule has 0 unspecified atom stereocenters. The van der Waals surface area contributed by atoms with Crippen molar-refractivity contribution in [3.63, 3.8) is 0 Å². The molecule has 5 heteroatoms. The Balaban J connectivity index is 1.76. The molecule has 1 saturated carbocycles. The van der Waals surface area contributed by atoms with Crippen LogP contribution >= 0.6 is 0 Å². The number of benzene rings is 1. The third kappa shape index (κ3) is 3.56. The van der Waals surface area contributed by atoms with Gasteiger partial charge in [-0.2, -0.15) is 0 Å². The normalized spacial score (nSPS) is 26.6. The number of aryl methyl sites for hydroxylation is 1. The van der Waals surface area contributed by atoms with Crippen molar-refractivity contribution in [3.05, 3.63) is 41.6 Å². The Kier molecular flexibility index (Phi) is 4.24. The SMILES string of the molecule is Cc1ccc(-c2cc(C(F)F)nc(N3C[C@]4(C)C[C@@H]3CC(C)(C)C4)n2)cc1. The first-order valence-corrected chi connectivity index (χ1v) is 9.65. The van der Waals surface area contributed by atoms with E-state index < -0.39 is 6.43 Å². The first-order valence-electron chi connectivity index (χ1n) is 9.65. The van der Waals surface area contributed by atoms with Crippen molar-refractivity contribution in [2.24, 2.45) is 10.8 Å². The summed E-state index contributed by atoms with van der Waals surface area (Å²) in [6, 6.07) is 9.56. The number of anilines is 1. The molecule has 2 aromatic rings. The second kappa shape index (κ2) is 6.25. The molecule has 1 aliphatic heterocycles. The van der Waals surface area contributed by atoms with Gasteiger partial charge in [0, 0.05) is 18.2 Å². The smallest absolute Gasteiger partial charge is 0.280 e. The third-order valence-electron chi connectivity index (χ3n) is 5.98. The van der Waals surface area contributed by atoms with Crippen LogP contribution in [0.2, 0.25) is 0 Å². The van der Waals surface area contributed by atoms with Crippen LogP contribution in [-0.2, 0) is 0 Å². The molecule has 2 bridgehead atoms. The summed E-state index contributed by atoms with van der Waals surface area (Å²) < 4.78 is 27.1. The highest BCUT2D eigenvalue weighted by Crippen LogP contribution is 2.53. The number of fused-ring (bicyclic) bond motifs is 2. The molecular formula is C22H27F2N3. The van der Waals surface area contributed by atoms with Gasteiger partial charge in [0.05, 0.1) is 5.69 Å². The minimum atomic E-state index is -2.61. The van der Waals surface area contributed by atoms with Gasteiger partial charge < -0.3 is 4.90 Å². The molecule has 1 saturated heterocycles. The number of aromatic nitrogens is 2. The molecule has 27 heavy (non-hydrogen) atoms. The molecular weight excluding hydrogens is 344 g/mol. The van der Waals surface area contributed by atoms with E-state index in [1.54, 1.807) is 0 Å².